The van der Waals surface area contributed by atoms with E-state index in [2.05, 4.69) is 6.58 Å². The molecule has 0 aromatic heterocycles. The molecule has 4 heteroatoms. The van der Waals surface area contributed by atoms with E-state index < -0.39 is 6.09 Å². The number of rotatable bonds is 4. The predicted molar refractivity (Wildman–Crippen MR) is 71.5 cm³/mol. The van der Waals surface area contributed by atoms with Crippen LogP contribution in [0.5, 0.6) is 0 Å². The van der Waals surface area contributed by atoms with Gasteiger partial charge in [0.15, 0.2) is 0 Å². The molecule has 1 aliphatic heterocycles. The summed E-state index contributed by atoms with van der Waals surface area (Å²) in [7, 11) is 0. The zero-order valence-electron chi connectivity index (χ0n) is 10.5. The fourth-order valence-electron chi connectivity index (χ4n) is 2.00. The molecule has 98 valence electrons. The lowest BCUT2D eigenvalue weighted by Gasteiger charge is -2.17. The molecule has 1 saturated heterocycles. The zero-order valence-corrected chi connectivity index (χ0v) is 10.5. The number of carbonyl (C=O) groups excluding carboxylic acids is 2. The molecule has 1 aliphatic rings. The van der Waals surface area contributed by atoms with Crippen molar-refractivity contribution in [2.75, 3.05) is 6.61 Å². The largest absolute Gasteiger partial charge is 0.447 e. The fraction of sp³-hybridized carbons (Fsp3) is 0.200. The third-order valence-electron chi connectivity index (χ3n) is 2.89. The molecule has 0 radical (unpaired) electrons. The Hall–Kier alpha value is -2.36. The van der Waals surface area contributed by atoms with Gasteiger partial charge >= 0.3 is 6.09 Å². The van der Waals surface area contributed by atoms with Gasteiger partial charge in [-0.1, -0.05) is 49.1 Å². The van der Waals surface area contributed by atoms with E-state index in [0.29, 0.717) is 6.42 Å². The SMILES string of the molecule is C=C/C=C/C(=O)N1C(=O)OC[C@H]1Cc1ccccc1. The first-order valence-corrected chi connectivity index (χ1v) is 6.05. The smallest absolute Gasteiger partial charge is 0.417 e. The minimum atomic E-state index is -0.584. The van der Waals surface area contributed by atoms with Crippen LogP contribution in [0.2, 0.25) is 0 Å². The van der Waals surface area contributed by atoms with Gasteiger partial charge in [0.2, 0.25) is 0 Å². The Kier molecular flexibility index (Phi) is 4.13. The van der Waals surface area contributed by atoms with Gasteiger partial charge in [0, 0.05) is 6.08 Å². The van der Waals surface area contributed by atoms with Crippen LogP contribution in [0.25, 0.3) is 0 Å². The van der Waals surface area contributed by atoms with Gasteiger partial charge < -0.3 is 4.74 Å². The second kappa shape index (κ2) is 6.00. The van der Waals surface area contributed by atoms with Crippen molar-refractivity contribution in [3.8, 4) is 0 Å². The molecule has 4 nitrogen and oxygen atoms in total. The van der Waals surface area contributed by atoms with Crippen LogP contribution in [0, 0.1) is 0 Å². The summed E-state index contributed by atoms with van der Waals surface area (Å²) < 4.78 is 4.96. The van der Waals surface area contributed by atoms with Crippen LogP contribution in [0.4, 0.5) is 4.79 Å². The van der Waals surface area contributed by atoms with E-state index in [0.717, 1.165) is 10.5 Å². The van der Waals surface area contributed by atoms with Crippen molar-refractivity contribution in [3.63, 3.8) is 0 Å². The third kappa shape index (κ3) is 3.10. The van der Waals surface area contributed by atoms with E-state index in [-0.39, 0.29) is 18.6 Å². The van der Waals surface area contributed by atoms with Crippen molar-refractivity contribution in [2.45, 2.75) is 12.5 Å². The number of cyclic esters (lactones) is 1. The van der Waals surface area contributed by atoms with Crippen LogP contribution < -0.4 is 0 Å². The summed E-state index contributed by atoms with van der Waals surface area (Å²) in [6, 6.07) is 9.45. The fourth-order valence-corrected chi connectivity index (χ4v) is 2.00. The summed E-state index contributed by atoms with van der Waals surface area (Å²) in [5.74, 6) is -0.372. The average molecular weight is 257 g/mol. The topological polar surface area (TPSA) is 46.6 Å². The van der Waals surface area contributed by atoms with Crippen molar-refractivity contribution in [2.24, 2.45) is 0 Å². The lowest BCUT2D eigenvalue weighted by Crippen LogP contribution is -2.39. The van der Waals surface area contributed by atoms with Gasteiger partial charge in [0.1, 0.15) is 6.61 Å². The molecule has 2 rings (SSSR count). The number of imide groups is 1. The average Bonchev–Trinajstić information content (AvgIpc) is 2.78. The first-order valence-electron chi connectivity index (χ1n) is 6.05. The predicted octanol–water partition coefficient (Wildman–Crippen LogP) is 2.32. The number of carbonyl (C=O) groups is 2. The second-order valence-electron chi connectivity index (χ2n) is 4.22. The standard InChI is InChI=1S/C15H15NO3/c1-2-3-9-14(17)16-13(11-19-15(16)18)10-12-7-5-4-6-8-12/h2-9,13H,1,10-11H2/b9-3+/t13-/m1/s1. The lowest BCUT2D eigenvalue weighted by atomic mass is 10.1. The van der Waals surface area contributed by atoms with E-state index >= 15 is 0 Å². The first kappa shape index (κ1) is 13.1. The summed E-state index contributed by atoms with van der Waals surface area (Å²) in [6.45, 7) is 3.73. The van der Waals surface area contributed by atoms with Crippen LogP contribution in [-0.4, -0.2) is 29.5 Å². The zero-order chi connectivity index (χ0) is 13.7. The van der Waals surface area contributed by atoms with Gasteiger partial charge in [-0.05, 0) is 12.0 Å². The van der Waals surface area contributed by atoms with Gasteiger partial charge in [-0.2, -0.15) is 0 Å². The van der Waals surface area contributed by atoms with Gasteiger partial charge in [-0.15, -0.1) is 0 Å². The number of amides is 2. The van der Waals surface area contributed by atoms with Crippen molar-refractivity contribution in [1.82, 2.24) is 4.90 Å². The number of hydrogen-bond acceptors (Lipinski definition) is 3. The van der Waals surface area contributed by atoms with Crippen LogP contribution >= 0.6 is 0 Å². The number of benzene rings is 1. The van der Waals surface area contributed by atoms with Gasteiger partial charge in [0.25, 0.3) is 5.91 Å². The monoisotopic (exact) mass is 257 g/mol. The van der Waals surface area contributed by atoms with E-state index in [9.17, 15) is 9.59 Å². The molecular formula is C15H15NO3. The second-order valence-corrected chi connectivity index (χ2v) is 4.22. The quantitative estimate of drug-likeness (QED) is 0.614. The van der Waals surface area contributed by atoms with Crippen LogP contribution in [0.15, 0.2) is 55.1 Å². The Morgan fingerprint density at radius 2 is 2.16 bits per heavy atom. The molecule has 0 aliphatic carbocycles. The van der Waals surface area contributed by atoms with Crippen molar-refractivity contribution < 1.29 is 14.3 Å². The molecule has 0 N–H and O–H groups in total. The highest BCUT2D eigenvalue weighted by Crippen LogP contribution is 2.17. The van der Waals surface area contributed by atoms with E-state index in [1.54, 1.807) is 0 Å². The highest BCUT2D eigenvalue weighted by atomic mass is 16.6. The highest BCUT2D eigenvalue weighted by Gasteiger charge is 2.36. The Labute approximate surface area is 112 Å². The van der Waals surface area contributed by atoms with Crippen LogP contribution in [0.3, 0.4) is 0 Å². The number of ether oxygens (including phenoxy) is 1. The molecule has 0 unspecified atom stereocenters. The maximum atomic E-state index is 11.9. The number of nitrogens with zero attached hydrogens (tertiary/aromatic N) is 1. The van der Waals surface area contributed by atoms with E-state index in [4.69, 9.17) is 4.74 Å². The summed E-state index contributed by atoms with van der Waals surface area (Å²) in [5, 5.41) is 0. The number of allylic oxidation sites excluding steroid dienone is 2. The summed E-state index contributed by atoms with van der Waals surface area (Å²) in [4.78, 5) is 24.7. The van der Waals surface area contributed by atoms with E-state index in [1.807, 2.05) is 30.3 Å². The summed E-state index contributed by atoms with van der Waals surface area (Å²) >= 11 is 0. The molecule has 1 heterocycles. The first-order chi connectivity index (χ1) is 9.22. The molecule has 19 heavy (non-hydrogen) atoms. The minimum absolute atomic E-state index is 0.237. The molecule has 2 amide bonds. The molecule has 0 saturated carbocycles. The van der Waals surface area contributed by atoms with Crippen LogP contribution in [0.1, 0.15) is 5.56 Å². The third-order valence-corrected chi connectivity index (χ3v) is 2.89. The molecular weight excluding hydrogens is 242 g/mol. The summed E-state index contributed by atoms with van der Waals surface area (Å²) in [6.07, 6.45) is 4.33. The summed E-state index contributed by atoms with van der Waals surface area (Å²) in [5.41, 5.74) is 1.07. The van der Waals surface area contributed by atoms with Gasteiger partial charge in [-0.3, -0.25) is 4.79 Å². The Bertz CT molecular complexity index is 507. The normalized spacial score (nSPS) is 18.6. The van der Waals surface area contributed by atoms with Crippen molar-refractivity contribution >= 4 is 12.0 Å². The number of hydrogen-bond donors (Lipinski definition) is 0. The van der Waals surface area contributed by atoms with Gasteiger partial charge in [0.05, 0.1) is 6.04 Å². The molecule has 1 aromatic carbocycles. The maximum absolute atomic E-state index is 11.9. The van der Waals surface area contributed by atoms with Crippen LogP contribution in [-0.2, 0) is 16.0 Å². The Morgan fingerprint density at radius 1 is 1.42 bits per heavy atom. The Morgan fingerprint density at radius 3 is 2.84 bits per heavy atom. The van der Waals surface area contributed by atoms with Crippen molar-refractivity contribution in [3.05, 3.63) is 60.7 Å². The molecule has 1 aromatic rings. The Balaban J connectivity index is 2.11. The van der Waals surface area contributed by atoms with Crippen molar-refractivity contribution in [1.29, 1.82) is 0 Å². The van der Waals surface area contributed by atoms with Gasteiger partial charge in [-0.25, -0.2) is 9.69 Å². The van der Waals surface area contributed by atoms with E-state index in [1.165, 1.54) is 18.2 Å². The highest BCUT2D eigenvalue weighted by molar-refractivity contribution is 5.99. The molecule has 0 spiro atoms. The molecule has 1 fully saturated rings. The minimum Gasteiger partial charge on any atom is -0.447 e. The molecule has 0 bridgehead atoms. The maximum Gasteiger partial charge on any atom is 0.417 e. The molecule has 1 atom stereocenters. The lowest BCUT2D eigenvalue weighted by molar-refractivity contribution is -0.124.